The van der Waals surface area contributed by atoms with E-state index in [1.165, 1.54) is 11.3 Å². The van der Waals surface area contributed by atoms with E-state index in [2.05, 4.69) is 10.1 Å². The number of amides is 1. The SMILES string of the molecule is CN(Cc1cscn1)C(=O)c1cccc(C(N)=NO)c1. The first-order valence-corrected chi connectivity index (χ1v) is 6.76. The van der Waals surface area contributed by atoms with Crippen LogP contribution < -0.4 is 5.73 Å². The largest absolute Gasteiger partial charge is 0.409 e. The molecule has 104 valence electrons. The number of rotatable bonds is 4. The van der Waals surface area contributed by atoms with Gasteiger partial charge in [-0.2, -0.15) is 0 Å². The van der Waals surface area contributed by atoms with Gasteiger partial charge in [-0.3, -0.25) is 4.79 Å². The molecule has 0 saturated heterocycles. The summed E-state index contributed by atoms with van der Waals surface area (Å²) in [6.45, 7) is 0.441. The molecule has 2 rings (SSSR count). The first-order valence-electron chi connectivity index (χ1n) is 5.82. The van der Waals surface area contributed by atoms with Crippen molar-refractivity contribution in [2.24, 2.45) is 10.9 Å². The number of carbonyl (C=O) groups excluding carboxylic acids is 1. The van der Waals surface area contributed by atoms with Gasteiger partial charge in [0.1, 0.15) is 0 Å². The molecule has 20 heavy (non-hydrogen) atoms. The number of amidine groups is 1. The Morgan fingerprint density at radius 2 is 2.25 bits per heavy atom. The maximum Gasteiger partial charge on any atom is 0.253 e. The molecule has 6 nitrogen and oxygen atoms in total. The van der Waals surface area contributed by atoms with Crippen LogP contribution in [0.1, 0.15) is 21.6 Å². The zero-order chi connectivity index (χ0) is 14.5. The van der Waals surface area contributed by atoms with Crippen molar-refractivity contribution in [3.63, 3.8) is 0 Å². The Labute approximate surface area is 120 Å². The van der Waals surface area contributed by atoms with Crippen LogP contribution in [0.5, 0.6) is 0 Å². The fourth-order valence-electron chi connectivity index (χ4n) is 1.72. The van der Waals surface area contributed by atoms with Crippen LogP contribution in [-0.2, 0) is 6.54 Å². The van der Waals surface area contributed by atoms with Crippen LogP contribution in [0.15, 0.2) is 40.3 Å². The van der Waals surface area contributed by atoms with Gasteiger partial charge >= 0.3 is 0 Å². The molecule has 0 spiro atoms. The quantitative estimate of drug-likeness (QED) is 0.386. The van der Waals surface area contributed by atoms with Gasteiger partial charge in [-0.25, -0.2) is 4.98 Å². The van der Waals surface area contributed by atoms with E-state index in [4.69, 9.17) is 10.9 Å². The second-order valence-electron chi connectivity index (χ2n) is 4.21. The predicted octanol–water partition coefficient (Wildman–Crippen LogP) is 1.51. The minimum absolute atomic E-state index is 0.0261. The molecule has 0 radical (unpaired) electrons. The number of nitrogens with two attached hydrogens (primary N) is 1. The van der Waals surface area contributed by atoms with Gasteiger partial charge in [-0.15, -0.1) is 11.3 Å². The molecule has 0 saturated carbocycles. The standard InChI is InChI=1S/C13H14N4O2S/c1-17(6-11-7-20-8-15-11)13(18)10-4-2-3-9(5-10)12(14)16-19/h2-5,7-8,19H,6H2,1H3,(H2,14,16). The lowest BCUT2D eigenvalue weighted by atomic mass is 10.1. The first-order chi connectivity index (χ1) is 9.61. The number of hydrogen-bond donors (Lipinski definition) is 2. The maximum atomic E-state index is 12.3. The van der Waals surface area contributed by atoms with Crippen molar-refractivity contribution in [3.05, 3.63) is 52.0 Å². The van der Waals surface area contributed by atoms with Crippen molar-refractivity contribution in [1.82, 2.24) is 9.88 Å². The fraction of sp³-hybridized carbons (Fsp3) is 0.154. The average Bonchev–Trinajstić information content (AvgIpc) is 2.98. The second kappa shape index (κ2) is 6.16. The van der Waals surface area contributed by atoms with E-state index in [0.717, 1.165) is 5.69 Å². The fourth-order valence-corrected chi connectivity index (χ4v) is 2.27. The van der Waals surface area contributed by atoms with Crippen molar-refractivity contribution >= 4 is 23.1 Å². The topological polar surface area (TPSA) is 91.8 Å². The highest BCUT2D eigenvalue weighted by Crippen LogP contribution is 2.11. The Hall–Kier alpha value is -2.41. The molecule has 0 bridgehead atoms. The molecule has 2 aromatic rings. The van der Waals surface area contributed by atoms with Crippen molar-refractivity contribution in [1.29, 1.82) is 0 Å². The lowest BCUT2D eigenvalue weighted by Crippen LogP contribution is -2.26. The summed E-state index contributed by atoms with van der Waals surface area (Å²) in [7, 11) is 1.71. The highest BCUT2D eigenvalue weighted by molar-refractivity contribution is 7.07. The van der Waals surface area contributed by atoms with Crippen molar-refractivity contribution < 1.29 is 10.0 Å². The average molecular weight is 290 g/mol. The number of aromatic nitrogens is 1. The Morgan fingerprint density at radius 3 is 2.90 bits per heavy atom. The third-order valence-electron chi connectivity index (χ3n) is 2.74. The van der Waals surface area contributed by atoms with E-state index in [1.807, 2.05) is 5.38 Å². The van der Waals surface area contributed by atoms with Gasteiger partial charge in [0.05, 0.1) is 17.7 Å². The normalized spacial score (nSPS) is 11.3. The Balaban J connectivity index is 2.16. The van der Waals surface area contributed by atoms with Gasteiger partial charge < -0.3 is 15.8 Å². The molecular formula is C13H14N4O2S. The summed E-state index contributed by atoms with van der Waals surface area (Å²) < 4.78 is 0. The van der Waals surface area contributed by atoms with Gasteiger partial charge in [0, 0.05) is 23.6 Å². The van der Waals surface area contributed by atoms with E-state index < -0.39 is 0 Å². The molecule has 0 unspecified atom stereocenters. The molecule has 0 fully saturated rings. The third kappa shape index (κ3) is 3.12. The molecular weight excluding hydrogens is 276 g/mol. The predicted molar refractivity (Wildman–Crippen MR) is 76.9 cm³/mol. The number of carbonyl (C=O) groups is 1. The number of benzene rings is 1. The second-order valence-corrected chi connectivity index (χ2v) is 4.93. The third-order valence-corrected chi connectivity index (χ3v) is 3.38. The molecule has 0 atom stereocenters. The van der Waals surface area contributed by atoms with Crippen LogP contribution in [0.2, 0.25) is 0 Å². The van der Waals surface area contributed by atoms with E-state index >= 15 is 0 Å². The summed E-state index contributed by atoms with van der Waals surface area (Å²) in [4.78, 5) is 18.0. The lowest BCUT2D eigenvalue weighted by Gasteiger charge is -2.16. The van der Waals surface area contributed by atoms with E-state index in [-0.39, 0.29) is 11.7 Å². The van der Waals surface area contributed by atoms with Crippen LogP contribution in [0.25, 0.3) is 0 Å². The summed E-state index contributed by atoms with van der Waals surface area (Å²) in [5.74, 6) is -0.174. The van der Waals surface area contributed by atoms with Gasteiger partial charge in [0.2, 0.25) is 0 Å². The maximum absolute atomic E-state index is 12.3. The highest BCUT2D eigenvalue weighted by atomic mass is 32.1. The van der Waals surface area contributed by atoms with Crippen LogP contribution in [0.4, 0.5) is 0 Å². The molecule has 1 aromatic carbocycles. The summed E-state index contributed by atoms with van der Waals surface area (Å²) in [5, 5.41) is 13.5. The molecule has 0 aliphatic heterocycles. The van der Waals surface area contributed by atoms with Crippen LogP contribution in [-0.4, -0.2) is 33.9 Å². The zero-order valence-corrected chi connectivity index (χ0v) is 11.7. The molecule has 0 aliphatic rings. The smallest absolute Gasteiger partial charge is 0.253 e. The first kappa shape index (κ1) is 14.0. The number of oxime groups is 1. The Kier molecular flexibility index (Phi) is 4.31. The Morgan fingerprint density at radius 1 is 1.50 bits per heavy atom. The van der Waals surface area contributed by atoms with E-state index in [9.17, 15) is 4.79 Å². The number of thiazole rings is 1. The number of hydrogen-bond acceptors (Lipinski definition) is 5. The van der Waals surface area contributed by atoms with Crippen LogP contribution in [0, 0.1) is 0 Å². The van der Waals surface area contributed by atoms with Gasteiger partial charge in [0.25, 0.3) is 5.91 Å². The van der Waals surface area contributed by atoms with Crippen LogP contribution in [0.3, 0.4) is 0 Å². The summed E-state index contributed by atoms with van der Waals surface area (Å²) >= 11 is 1.49. The van der Waals surface area contributed by atoms with Crippen molar-refractivity contribution in [2.75, 3.05) is 7.05 Å². The van der Waals surface area contributed by atoms with E-state index in [0.29, 0.717) is 17.7 Å². The minimum atomic E-state index is -0.148. The minimum Gasteiger partial charge on any atom is -0.409 e. The summed E-state index contributed by atoms with van der Waals surface area (Å²) in [6.07, 6.45) is 0. The molecule has 1 aromatic heterocycles. The van der Waals surface area contributed by atoms with Gasteiger partial charge in [-0.05, 0) is 12.1 Å². The van der Waals surface area contributed by atoms with E-state index in [1.54, 1.807) is 41.7 Å². The van der Waals surface area contributed by atoms with Crippen molar-refractivity contribution in [3.8, 4) is 0 Å². The lowest BCUT2D eigenvalue weighted by molar-refractivity contribution is 0.0783. The molecule has 7 heteroatoms. The van der Waals surface area contributed by atoms with Gasteiger partial charge in [-0.1, -0.05) is 17.3 Å². The monoisotopic (exact) mass is 290 g/mol. The zero-order valence-electron chi connectivity index (χ0n) is 10.9. The molecule has 0 aliphatic carbocycles. The van der Waals surface area contributed by atoms with Crippen molar-refractivity contribution in [2.45, 2.75) is 6.54 Å². The summed E-state index contributed by atoms with van der Waals surface area (Å²) in [5.41, 5.74) is 9.07. The Bertz CT molecular complexity index is 625. The number of nitrogens with zero attached hydrogens (tertiary/aromatic N) is 3. The van der Waals surface area contributed by atoms with Gasteiger partial charge in [0.15, 0.2) is 5.84 Å². The molecule has 1 heterocycles. The molecule has 1 amide bonds. The van der Waals surface area contributed by atoms with Crippen LogP contribution >= 0.6 is 11.3 Å². The highest BCUT2D eigenvalue weighted by Gasteiger charge is 2.14. The molecule has 3 N–H and O–H groups in total. The summed E-state index contributed by atoms with van der Waals surface area (Å²) in [6, 6.07) is 6.65.